The molecule has 4 aromatic carbocycles. The Hall–Kier alpha value is -6.48. The molecule has 1 amide bonds. The SMILES string of the molecule is Nc1cccc(C(F)(F)F)c1.O=C(Nc1cccc(C(F)(F)F)c1)c1ccc(N2CCOCC2)c([N+](=O)[O-])c1.O=C(O)c1ccc(N2CCOCC2)c([N+](=O)[O-])c1. The summed E-state index contributed by atoms with van der Waals surface area (Å²) in [6, 6.07) is 16.7. The standard InChI is InChI=1S/C18H16F3N3O4.C11H12N2O5.C7H6F3N/c19-18(20,21)13-2-1-3-14(11-13)22-17(25)12-4-5-15(16(10-12)24(26)27)23-6-8-28-9-7-23;14-11(15)8-1-2-9(10(7-8)13(16)17)12-3-5-18-6-4-12;8-7(9,10)5-2-1-3-6(11)4-5/h1-5,10-11H,6-9H2,(H,22,25);1-2,7H,3-6H2,(H,14,15);1-4H,11H2. The largest absolute Gasteiger partial charge is 0.478 e. The fourth-order valence-corrected chi connectivity index (χ4v) is 5.45. The fraction of sp³-hybridized carbons (Fsp3) is 0.278. The molecule has 0 unspecified atom stereocenters. The Morgan fingerprint density at radius 3 is 1.53 bits per heavy atom. The molecule has 0 radical (unpaired) electrons. The highest BCUT2D eigenvalue weighted by Crippen LogP contribution is 2.33. The van der Waals surface area contributed by atoms with E-state index in [1.165, 1.54) is 48.5 Å². The molecule has 0 spiro atoms. The summed E-state index contributed by atoms with van der Waals surface area (Å²) in [5.74, 6) is -1.91. The van der Waals surface area contributed by atoms with Crippen LogP contribution in [0.2, 0.25) is 0 Å². The van der Waals surface area contributed by atoms with E-state index in [2.05, 4.69) is 5.32 Å². The number of alkyl halides is 6. The average molecular weight is 809 g/mol. The van der Waals surface area contributed by atoms with Gasteiger partial charge in [0.05, 0.1) is 53.0 Å². The summed E-state index contributed by atoms with van der Waals surface area (Å²) < 4.78 is 84.5. The van der Waals surface area contributed by atoms with Crippen LogP contribution in [-0.4, -0.2) is 79.4 Å². The number of nitro groups is 2. The van der Waals surface area contributed by atoms with Gasteiger partial charge in [-0.3, -0.25) is 25.0 Å². The monoisotopic (exact) mass is 808 g/mol. The second kappa shape index (κ2) is 18.9. The highest BCUT2D eigenvalue weighted by molar-refractivity contribution is 6.05. The first-order chi connectivity index (χ1) is 26.8. The Bertz CT molecular complexity index is 2070. The van der Waals surface area contributed by atoms with Crippen LogP contribution in [0.15, 0.2) is 84.9 Å². The van der Waals surface area contributed by atoms with Gasteiger partial charge in [0, 0.05) is 55.2 Å². The lowest BCUT2D eigenvalue weighted by Gasteiger charge is -2.28. The number of nitrogens with two attached hydrogens (primary N) is 1. The van der Waals surface area contributed by atoms with Crippen LogP contribution in [-0.2, 0) is 21.8 Å². The molecule has 4 aromatic rings. The Kier molecular flexibility index (Phi) is 14.3. The quantitative estimate of drug-likeness (QED) is 0.0739. The van der Waals surface area contributed by atoms with Crippen molar-refractivity contribution in [2.24, 2.45) is 0 Å². The van der Waals surface area contributed by atoms with E-state index in [0.29, 0.717) is 64.0 Å². The van der Waals surface area contributed by atoms with E-state index >= 15 is 0 Å². The van der Waals surface area contributed by atoms with Crippen LogP contribution >= 0.6 is 0 Å². The fourth-order valence-electron chi connectivity index (χ4n) is 5.45. The molecule has 2 aliphatic rings. The van der Waals surface area contributed by atoms with Gasteiger partial charge in [-0.2, -0.15) is 26.3 Å². The van der Waals surface area contributed by atoms with Gasteiger partial charge in [0.15, 0.2) is 0 Å². The Balaban J connectivity index is 0.000000211. The van der Waals surface area contributed by atoms with E-state index in [1.54, 1.807) is 4.90 Å². The summed E-state index contributed by atoms with van der Waals surface area (Å²) in [5.41, 5.74) is 3.87. The number of carboxylic acids is 1. The van der Waals surface area contributed by atoms with Crippen LogP contribution in [0.5, 0.6) is 0 Å². The van der Waals surface area contributed by atoms with Crippen molar-refractivity contribution in [2.75, 3.05) is 73.5 Å². The molecule has 2 aliphatic heterocycles. The third kappa shape index (κ3) is 12.3. The molecule has 2 saturated heterocycles. The molecule has 0 aromatic heterocycles. The topological polar surface area (TPSA) is 204 Å². The highest BCUT2D eigenvalue weighted by Gasteiger charge is 2.31. The number of nitrogens with one attached hydrogen (secondary N) is 1. The summed E-state index contributed by atoms with van der Waals surface area (Å²) >= 11 is 0. The molecular weight excluding hydrogens is 774 g/mol. The molecule has 15 nitrogen and oxygen atoms in total. The number of nitrogens with zero attached hydrogens (tertiary/aromatic N) is 4. The number of ether oxygens (including phenoxy) is 2. The smallest absolute Gasteiger partial charge is 0.416 e. The number of benzene rings is 4. The van der Waals surface area contributed by atoms with Gasteiger partial charge < -0.3 is 35.4 Å². The third-order valence-corrected chi connectivity index (χ3v) is 8.22. The molecule has 2 fully saturated rings. The number of aromatic carboxylic acids is 1. The number of carbonyl (C=O) groups excluding carboxylic acids is 1. The zero-order valence-electron chi connectivity index (χ0n) is 29.6. The first-order valence-corrected chi connectivity index (χ1v) is 16.7. The van der Waals surface area contributed by atoms with Crippen LogP contribution in [0, 0.1) is 20.2 Å². The average Bonchev–Trinajstić information content (AvgIpc) is 3.18. The number of rotatable bonds is 7. The molecule has 0 aliphatic carbocycles. The number of carbonyl (C=O) groups is 2. The maximum absolute atomic E-state index is 12.8. The van der Waals surface area contributed by atoms with Gasteiger partial charge in [-0.25, -0.2) is 4.79 Å². The number of hydrogen-bond acceptors (Lipinski definition) is 11. The number of anilines is 4. The van der Waals surface area contributed by atoms with Gasteiger partial charge in [0.2, 0.25) is 0 Å². The van der Waals surface area contributed by atoms with Crippen molar-refractivity contribution in [1.29, 1.82) is 0 Å². The number of morpholine rings is 2. The summed E-state index contributed by atoms with van der Waals surface area (Å²) in [6.45, 7) is 3.99. The number of nitrogen functional groups attached to an aromatic ring is 1. The van der Waals surface area contributed by atoms with Crippen LogP contribution in [0.25, 0.3) is 0 Å². The minimum Gasteiger partial charge on any atom is -0.478 e. The van der Waals surface area contributed by atoms with Crippen LogP contribution in [0.3, 0.4) is 0 Å². The molecule has 2 heterocycles. The number of hydrogen-bond donors (Lipinski definition) is 3. The number of amides is 1. The van der Waals surface area contributed by atoms with E-state index in [1.807, 2.05) is 4.90 Å². The van der Waals surface area contributed by atoms with Gasteiger partial charge in [-0.15, -0.1) is 0 Å². The highest BCUT2D eigenvalue weighted by atomic mass is 19.4. The van der Waals surface area contributed by atoms with Crippen molar-refractivity contribution >= 4 is 46.0 Å². The van der Waals surface area contributed by atoms with Gasteiger partial charge in [-0.05, 0) is 60.7 Å². The normalized spacial score (nSPS) is 14.3. The zero-order valence-corrected chi connectivity index (χ0v) is 29.6. The predicted molar refractivity (Wildman–Crippen MR) is 194 cm³/mol. The second-order valence-corrected chi connectivity index (χ2v) is 12.1. The molecule has 4 N–H and O–H groups in total. The molecular formula is C36H34F6N6O9. The minimum absolute atomic E-state index is 0.0267. The summed E-state index contributed by atoms with van der Waals surface area (Å²) in [5, 5.41) is 33.6. The first kappa shape index (κ1) is 43.3. The second-order valence-electron chi connectivity index (χ2n) is 12.1. The van der Waals surface area contributed by atoms with E-state index in [-0.39, 0.29) is 33.9 Å². The van der Waals surface area contributed by atoms with Crippen LogP contribution in [0.1, 0.15) is 31.8 Å². The van der Waals surface area contributed by atoms with Gasteiger partial charge in [0.25, 0.3) is 17.3 Å². The van der Waals surface area contributed by atoms with Gasteiger partial charge in [0.1, 0.15) is 11.4 Å². The summed E-state index contributed by atoms with van der Waals surface area (Å²) in [6.07, 6.45) is -8.84. The molecule has 0 atom stereocenters. The Labute approximate surface area is 319 Å². The molecule has 6 rings (SSSR count). The van der Waals surface area contributed by atoms with E-state index in [4.69, 9.17) is 20.3 Å². The number of halogens is 6. The van der Waals surface area contributed by atoms with Crippen LogP contribution < -0.4 is 20.9 Å². The lowest BCUT2D eigenvalue weighted by Crippen LogP contribution is -2.36. The van der Waals surface area contributed by atoms with Gasteiger partial charge >= 0.3 is 18.3 Å². The maximum atomic E-state index is 12.8. The van der Waals surface area contributed by atoms with Crippen molar-refractivity contribution in [3.8, 4) is 0 Å². The first-order valence-electron chi connectivity index (χ1n) is 16.7. The Morgan fingerprint density at radius 2 is 1.11 bits per heavy atom. The summed E-state index contributed by atoms with van der Waals surface area (Å²) in [4.78, 5) is 48.1. The minimum atomic E-state index is -4.54. The van der Waals surface area contributed by atoms with Crippen LogP contribution in [0.4, 0.5) is 60.5 Å². The predicted octanol–water partition coefficient (Wildman–Crippen LogP) is 7.12. The van der Waals surface area contributed by atoms with E-state index < -0.39 is 45.2 Å². The van der Waals surface area contributed by atoms with Gasteiger partial charge in [-0.1, -0.05) is 12.1 Å². The van der Waals surface area contributed by atoms with E-state index in [0.717, 1.165) is 36.4 Å². The molecule has 57 heavy (non-hydrogen) atoms. The lowest BCUT2D eigenvalue weighted by molar-refractivity contribution is -0.384. The molecule has 21 heteroatoms. The van der Waals surface area contributed by atoms with E-state index in [9.17, 15) is 56.2 Å². The lowest BCUT2D eigenvalue weighted by atomic mass is 10.1. The summed E-state index contributed by atoms with van der Waals surface area (Å²) in [7, 11) is 0. The number of nitro benzene ring substituents is 2. The molecule has 0 bridgehead atoms. The van der Waals surface area contributed by atoms with Crippen molar-refractivity contribution < 1.29 is 60.4 Å². The Morgan fingerprint density at radius 1 is 0.667 bits per heavy atom. The molecule has 304 valence electrons. The number of carboxylic acid groups (broad SMARTS) is 1. The van der Waals surface area contributed by atoms with Crippen molar-refractivity contribution in [3.05, 3.63) is 127 Å². The molecule has 0 saturated carbocycles. The van der Waals surface area contributed by atoms with Crippen molar-refractivity contribution in [3.63, 3.8) is 0 Å². The maximum Gasteiger partial charge on any atom is 0.416 e. The van der Waals surface area contributed by atoms with Crippen molar-refractivity contribution in [2.45, 2.75) is 12.4 Å². The zero-order chi connectivity index (χ0) is 41.9. The third-order valence-electron chi connectivity index (χ3n) is 8.22. The van der Waals surface area contributed by atoms with Crippen molar-refractivity contribution in [1.82, 2.24) is 0 Å².